The highest BCUT2D eigenvalue weighted by Crippen LogP contribution is 2.36. The Morgan fingerprint density at radius 3 is 2.67 bits per heavy atom. The van der Waals surface area contributed by atoms with Crippen molar-refractivity contribution in [3.8, 4) is 17.2 Å². The first kappa shape index (κ1) is 16.2. The minimum atomic E-state index is -0.120. The number of carbonyl (C=O) groups is 1. The molecule has 0 fully saturated rings. The maximum absolute atomic E-state index is 12.5. The van der Waals surface area contributed by atoms with E-state index < -0.39 is 0 Å². The highest BCUT2D eigenvalue weighted by molar-refractivity contribution is 5.92. The summed E-state index contributed by atoms with van der Waals surface area (Å²) >= 11 is 0. The predicted octanol–water partition coefficient (Wildman–Crippen LogP) is 2.78. The van der Waals surface area contributed by atoms with Gasteiger partial charge in [-0.2, -0.15) is 0 Å². The molecule has 6 heteroatoms. The molecule has 0 saturated heterocycles. The van der Waals surface area contributed by atoms with Crippen molar-refractivity contribution in [2.75, 3.05) is 20.3 Å². The maximum atomic E-state index is 12.5. The van der Waals surface area contributed by atoms with Crippen molar-refractivity contribution in [1.82, 2.24) is 9.88 Å². The van der Waals surface area contributed by atoms with E-state index in [0.717, 1.165) is 5.56 Å². The molecule has 2 aromatic rings. The molecule has 0 radical (unpaired) electrons. The molecular weight excluding hydrogens is 308 g/mol. The van der Waals surface area contributed by atoms with E-state index in [1.807, 2.05) is 42.8 Å². The van der Waals surface area contributed by atoms with Crippen molar-refractivity contribution in [3.05, 3.63) is 41.7 Å². The lowest BCUT2D eigenvalue weighted by atomic mass is 10.1. The molecule has 1 aromatic heterocycles. The van der Waals surface area contributed by atoms with Gasteiger partial charge in [0.05, 0.1) is 7.11 Å². The number of hydrogen-bond acceptors (Lipinski definition) is 4. The maximum Gasteiger partial charge on any atom is 0.268 e. The molecule has 0 atom stereocenters. The Balaban J connectivity index is 1.76. The van der Waals surface area contributed by atoms with Gasteiger partial charge in [-0.05, 0) is 32.0 Å². The molecule has 3 rings (SSSR count). The normalized spacial score (nSPS) is 13.0. The van der Waals surface area contributed by atoms with Gasteiger partial charge < -0.3 is 24.1 Å². The van der Waals surface area contributed by atoms with Crippen LogP contribution >= 0.6 is 0 Å². The van der Waals surface area contributed by atoms with Crippen molar-refractivity contribution in [3.63, 3.8) is 0 Å². The molecule has 0 spiro atoms. The van der Waals surface area contributed by atoms with Crippen molar-refractivity contribution in [1.29, 1.82) is 0 Å². The number of amides is 1. The fraction of sp³-hybridized carbons (Fsp3) is 0.389. The summed E-state index contributed by atoms with van der Waals surface area (Å²) < 4.78 is 18.5. The summed E-state index contributed by atoms with van der Waals surface area (Å²) in [6, 6.07) is 7.57. The summed E-state index contributed by atoms with van der Waals surface area (Å²) in [5.74, 6) is 1.89. The zero-order valence-electron chi connectivity index (χ0n) is 14.2. The van der Waals surface area contributed by atoms with E-state index >= 15 is 0 Å². The Bertz CT molecular complexity index is 737. The largest absolute Gasteiger partial charge is 0.496 e. The number of fused-ring (bicyclic) bond motifs is 1. The number of ether oxygens (including phenoxy) is 3. The van der Waals surface area contributed by atoms with E-state index in [9.17, 15) is 4.79 Å². The Kier molecular flexibility index (Phi) is 4.64. The van der Waals surface area contributed by atoms with Crippen LogP contribution in [-0.4, -0.2) is 30.8 Å². The standard InChI is InChI=1S/C18H22N2O4/c1-12(2)20-6-4-5-14(20)18(21)19-11-13-9-16-17(10-15(13)22-3)24-8-7-23-16/h4-6,9-10,12H,7-8,11H2,1-3H3,(H,19,21). The summed E-state index contributed by atoms with van der Waals surface area (Å²) in [5, 5.41) is 2.94. The summed E-state index contributed by atoms with van der Waals surface area (Å²) in [6.07, 6.45) is 1.91. The van der Waals surface area contributed by atoms with Crippen LogP contribution < -0.4 is 19.5 Å². The molecule has 24 heavy (non-hydrogen) atoms. The third-order valence-electron chi connectivity index (χ3n) is 3.95. The van der Waals surface area contributed by atoms with Gasteiger partial charge in [-0.15, -0.1) is 0 Å². The number of hydrogen-bond donors (Lipinski definition) is 1. The summed E-state index contributed by atoms with van der Waals surface area (Å²) in [7, 11) is 1.60. The Morgan fingerprint density at radius 1 is 1.29 bits per heavy atom. The van der Waals surface area contributed by atoms with Crippen LogP contribution in [0.1, 0.15) is 35.9 Å². The van der Waals surface area contributed by atoms with Gasteiger partial charge in [0.25, 0.3) is 5.91 Å². The number of nitrogens with zero attached hydrogens (tertiary/aromatic N) is 1. The van der Waals surface area contributed by atoms with Gasteiger partial charge in [0.15, 0.2) is 11.5 Å². The monoisotopic (exact) mass is 330 g/mol. The Hall–Kier alpha value is -2.63. The van der Waals surface area contributed by atoms with Crippen LogP contribution in [0.2, 0.25) is 0 Å². The molecule has 128 valence electrons. The fourth-order valence-corrected chi connectivity index (χ4v) is 2.74. The summed E-state index contributed by atoms with van der Waals surface area (Å²) in [6.45, 7) is 5.48. The van der Waals surface area contributed by atoms with Gasteiger partial charge in [0.2, 0.25) is 0 Å². The average Bonchev–Trinajstić information content (AvgIpc) is 3.09. The van der Waals surface area contributed by atoms with Gasteiger partial charge in [-0.3, -0.25) is 4.79 Å². The molecular formula is C18H22N2O4. The second kappa shape index (κ2) is 6.86. The molecule has 0 bridgehead atoms. The summed E-state index contributed by atoms with van der Waals surface area (Å²) in [4.78, 5) is 12.5. The molecule has 1 aliphatic heterocycles. The molecule has 2 heterocycles. The van der Waals surface area contributed by atoms with Crippen LogP contribution in [0.4, 0.5) is 0 Å². The highest BCUT2D eigenvalue weighted by atomic mass is 16.6. The lowest BCUT2D eigenvalue weighted by Gasteiger charge is -2.21. The zero-order chi connectivity index (χ0) is 17.1. The first-order valence-electron chi connectivity index (χ1n) is 8.01. The highest BCUT2D eigenvalue weighted by Gasteiger charge is 2.18. The van der Waals surface area contributed by atoms with Crippen LogP contribution in [0.15, 0.2) is 30.5 Å². The van der Waals surface area contributed by atoms with E-state index in [2.05, 4.69) is 5.32 Å². The molecule has 0 unspecified atom stereocenters. The third kappa shape index (κ3) is 3.18. The van der Waals surface area contributed by atoms with Gasteiger partial charge in [0.1, 0.15) is 24.7 Å². The zero-order valence-corrected chi connectivity index (χ0v) is 14.2. The van der Waals surface area contributed by atoms with Crippen LogP contribution in [0.3, 0.4) is 0 Å². The lowest BCUT2D eigenvalue weighted by molar-refractivity contribution is 0.0939. The number of rotatable bonds is 5. The van der Waals surface area contributed by atoms with Gasteiger partial charge in [0, 0.05) is 30.4 Å². The van der Waals surface area contributed by atoms with E-state index in [0.29, 0.717) is 42.7 Å². The topological polar surface area (TPSA) is 61.7 Å². The molecule has 0 saturated carbocycles. The lowest BCUT2D eigenvalue weighted by Crippen LogP contribution is -2.26. The SMILES string of the molecule is COc1cc2c(cc1CNC(=O)c1cccn1C(C)C)OCCO2. The fourth-order valence-electron chi connectivity index (χ4n) is 2.74. The first-order valence-corrected chi connectivity index (χ1v) is 8.01. The quantitative estimate of drug-likeness (QED) is 0.916. The van der Waals surface area contributed by atoms with E-state index in [1.165, 1.54) is 0 Å². The summed E-state index contributed by atoms with van der Waals surface area (Å²) in [5.41, 5.74) is 1.49. The minimum absolute atomic E-state index is 0.120. The Morgan fingerprint density at radius 2 is 2.00 bits per heavy atom. The van der Waals surface area contributed by atoms with Crippen LogP contribution in [0, 0.1) is 0 Å². The number of carbonyl (C=O) groups excluding carboxylic acids is 1. The van der Waals surface area contributed by atoms with Gasteiger partial charge in [-0.1, -0.05) is 0 Å². The van der Waals surface area contributed by atoms with Crippen LogP contribution in [0.5, 0.6) is 17.2 Å². The van der Waals surface area contributed by atoms with Gasteiger partial charge >= 0.3 is 0 Å². The molecule has 1 aromatic carbocycles. The second-order valence-corrected chi connectivity index (χ2v) is 5.88. The van der Waals surface area contributed by atoms with Gasteiger partial charge in [-0.25, -0.2) is 0 Å². The van der Waals surface area contributed by atoms with Crippen molar-refractivity contribution in [2.24, 2.45) is 0 Å². The van der Waals surface area contributed by atoms with Crippen molar-refractivity contribution >= 4 is 5.91 Å². The predicted molar refractivity (Wildman–Crippen MR) is 90.0 cm³/mol. The number of aromatic nitrogens is 1. The Labute approximate surface area is 141 Å². The van der Waals surface area contributed by atoms with Crippen molar-refractivity contribution < 1.29 is 19.0 Å². The van der Waals surface area contributed by atoms with Crippen LogP contribution in [0.25, 0.3) is 0 Å². The first-order chi connectivity index (χ1) is 11.6. The molecule has 1 N–H and O–H groups in total. The number of benzene rings is 1. The van der Waals surface area contributed by atoms with Crippen LogP contribution in [-0.2, 0) is 6.54 Å². The van der Waals surface area contributed by atoms with E-state index in [4.69, 9.17) is 14.2 Å². The van der Waals surface area contributed by atoms with E-state index in [1.54, 1.807) is 13.2 Å². The average molecular weight is 330 g/mol. The van der Waals surface area contributed by atoms with Crippen molar-refractivity contribution in [2.45, 2.75) is 26.4 Å². The molecule has 1 amide bonds. The molecule has 0 aliphatic carbocycles. The van der Waals surface area contributed by atoms with E-state index in [-0.39, 0.29) is 11.9 Å². The molecule has 1 aliphatic rings. The number of nitrogens with one attached hydrogen (secondary N) is 1. The smallest absolute Gasteiger partial charge is 0.268 e. The molecule has 6 nitrogen and oxygen atoms in total. The minimum Gasteiger partial charge on any atom is -0.496 e. The second-order valence-electron chi connectivity index (χ2n) is 5.88. The number of methoxy groups -OCH3 is 1. The third-order valence-corrected chi connectivity index (χ3v) is 3.95.